The van der Waals surface area contributed by atoms with Crippen LogP contribution in [0.5, 0.6) is 5.75 Å². The minimum atomic E-state index is -0.521. The van der Waals surface area contributed by atoms with Crippen LogP contribution in [-0.2, 0) is 9.53 Å². The molecule has 1 aromatic carbocycles. The number of hydrogen-bond donors (Lipinski definition) is 1. The Hall–Kier alpha value is -1.55. The zero-order valence-corrected chi connectivity index (χ0v) is 9.34. The molecule has 16 heavy (non-hydrogen) atoms. The number of hydrogen-bond acceptors (Lipinski definition) is 4. The molecule has 3 atom stereocenters. The molecule has 1 fully saturated rings. The van der Waals surface area contributed by atoms with Gasteiger partial charge in [-0.05, 0) is 17.7 Å². The number of carbonyl (C=O) groups excluding carboxylic acids is 1. The molecular formula is C12H15NO3. The number of ether oxygens (including phenoxy) is 2. The van der Waals surface area contributed by atoms with Gasteiger partial charge in [-0.2, -0.15) is 0 Å². The molecule has 1 aliphatic rings. The highest BCUT2D eigenvalue weighted by Gasteiger charge is 2.40. The lowest BCUT2D eigenvalue weighted by molar-refractivity contribution is -0.142. The van der Waals surface area contributed by atoms with Crippen LogP contribution < -0.4 is 10.5 Å². The Balaban J connectivity index is 2.21. The van der Waals surface area contributed by atoms with Gasteiger partial charge in [0, 0.05) is 5.92 Å². The van der Waals surface area contributed by atoms with Crippen LogP contribution in [0.1, 0.15) is 18.6 Å². The van der Waals surface area contributed by atoms with E-state index in [0.717, 1.165) is 11.3 Å². The Morgan fingerprint density at radius 3 is 2.38 bits per heavy atom. The van der Waals surface area contributed by atoms with E-state index in [1.807, 2.05) is 31.2 Å². The molecule has 0 unspecified atom stereocenters. The molecule has 1 aliphatic heterocycles. The van der Waals surface area contributed by atoms with E-state index in [4.69, 9.17) is 15.2 Å². The summed E-state index contributed by atoms with van der Waals surface area (Å²) in [6, 6.07) is 6.96. The van der Waals surface area contributed by atoms with Crippen LogP contribution in [0.2, 0.25) is 0 Å². The van der Waals surface area contributed by atoms with E-state index >= 15 is 0 Å². The third-order valence-electron chi connectivity index (χ3n) is 3.00. The second-order valence-electron chi connectivity index (χ2n) is 4.02. The van der Waals surface area contributed by atoms with Gasteiger partial charge in [0.25, 0.3) is 0 Å². The number of benzene rings is 1. The summed E-state index contributed by atoms with van der Waals surface area (Å²) >= 11 is 0. The van der Waals surface area contributed by atoms with Crippen molar-refractivity contribution in [3.63, 3.8) is 0 Å². The first-order valence-electron chi connectivity index (χ1n) is 5.23. The minimum absolute atomic E-state index is 0.000829. The lowest BCUT2D eigenvalue weighted by atomic mass is 9.94. The summed E-state index contributed by atoms with van der Waals surface area (Å²) in [6.45, 7) is 1.92. The number of nitrogens with two attached hydrogens (primary N) is 1. The smallest absolute Gasteiger partial charge is 0.323 e. The standard InChI is InChI=1S/C12H15NO3/c1-7-10(13)12(14)16-11(7)8-3-5-9(15-2)6-4-8/h3-7,10-11H,13H2,1-2H3/t7-,10-,11+/m1/s1. The molecule has 0 bridgehead atoms. The number of carbonyl (C=O) groups is 1. The highest BCUT2D eigenvalue weighted by Crippen LogP contribution is 2.34. The maximum atomic E-state index is 11.3. The van der Waals surface area contributed by atoms with E-state index < -0.39 is 6.04 Å². The molecule has 0 aliphatic carbocycles. The predicted molar refractivity (Wildman–Crippen MR) is 59.0 cm³/mol. The SMILES string of the molecule is COc1ccc([C@H]2OC(=O)[C@H](N)[C@H]2C)cc1. The van der Waals surface area contributed by atoms with Gasteiger partial charge in [-0.1, -0.05) is 19.1 Å². The van der Waals surface area contributed by atoms with E-state index in [-0.39, 0.29) is 18.0 Å². The zero-order chi connectivity index (χ0) is 11.7. The zero-order valence-electron chi connectivity index (χ0n) is 9.34. The third-order valence-corrected chi connectivity index (χ3v) is 3.00. The van der Waals surface area contributed by atoms with Crippen LogP contribution in [0.3, 0.4) is 0 Å². The summed E-state index contributed by atoms with van der Waals surface area (Å²) in [4.78, 5) is 11.3. The molecule has 1 aromatic rings. The van der Waals surface area contributed by atoms with Gasteiger partial charge in [0.1, 0.15) is 17.9 Å². The highest BCUT2D eigenvalue weighted by atomic mass is 16.6. The van der Waals surface area contributed by atoms with Crippen LogP contribution in [0.4, 0.5) is 0 Å². The Morgan fingerprint density at radius 1 is 1.31 bits per heavy atom. The van der Waals surface area contributed by atoms with Gasteiger partial charge in [-0.3, -0.25) is 4.79 Å². The molecule has 4 heteroatoms. The molecule has 2 rings (SSSR count). The summed E-state index contributed by atoms with van der Waals surface area (Å²) in [5.74, 6) is 0.458. The molecule has 1 heterocycles. The van der Waals surface area contributed by atoms with Crippen molar-refractivity contribution >= 4 is 5.97 Å². The summed E-state index contributed by atoms with van der Waals surface area (Å²) in [6.07, 6.45) is -0.242. The first-order chi connectivity index (χ1) is 7.63. The van der Waals surface area contributed by atoms with E-state index in [2.05, 4.69) is 0 Å². The fourth-order valence-corrected chi connectivity index (χ4v) is 1.88. The van der Waals surface area contributed by atoms with Gasteiger partial charge in [-0.15, -0.1) is 0 Å². The molecule has 0 amide bonds. The monoisotopic (exact) mass is 221 g/mol. The maximum absolute atomic E-state index is 11.3. The molecule has 4 nitrogen and oxygen atoms in total. The molecule has 0 saturated carbocycles. The Kier molecular flexibility index (Phi) is 2.83. The molecule has 2 N–H and O–H groups in total. The lowest BCUT2D eigenvalue weighted by Gasteiger charge is -2.15. The van der Waals surface area contributed by atoms with Crippen LogP contribution in [-0.4, -0.2) is 19.1 Å². The van der Waals surface area contributed by atoms with Gasteiger partial charge in [0.2, 0.25) is 0 Å². The molecule has 0 spiro atoms. The normalized spacial score (nSPS) is 28.9. The Morgan fingerprint density at radius 2 is 1.94 bits per heavy atom. The molecule has 0 aromatic heterocycles. The van der Waals surface area contributed by atoms with Gasteiger partial charge in [0.15, 0.2) is 0 Å². The average molecular weight is 221 g/mol. The fraction of sp³-hybridized carbons (Fsp3) is 0.417. The van der Waals surface area contributed by atoms with Crippen molar-refractivity contribution < 1.29 is 14.3 Å². The quantitative estimate of drug-likeness (QED) is 0.764. The Labute approximate surface area is 94.3 Å². The summed E-state index contributed by atoms with van der Waals surface area (Å²) in [7, 11) is 1.61. The first-order valence-corrected chi connectivity index (χ1v) is 5.23. The average Bonchev–Trinajstić information content (AvgIpc) is 2.57. The lowest BCUT2D eigenvalue weighted by Crippen LogP contribution is -2.30. The third kappa shape index (κ3) is 1.76. The first kappa shape index (κ1) is 11.0. The second-order valence-corrected chi connectivity index (χ2v) is 4.02. The number of rotatable bonds is 2. The minimum Gasteiger partial charge on any atom is -0.497 e. The molecular weight excluding hydrogens is 206 g/mol. The van der Waals surface area contributed by atoms with Gasteiger partial charge >= 0.3 is 5.97 Å². The van der Waals surface area contributed by atoms with Crippen LogP contribution in [0.25, 0.3) is 0 Å². The fourth-order valence-electron chi connectivity index (χ4n) is 1.88. The second kappa shape index (κ2) is 4.14. The van der Waals surface area contributed by atoms with Crippen molar-refractivity contribution in [2.45, 2.75) is 19.1 Å². The predicted octanol–water partition coefficient (Wildman–Crippen LogP) is 1.26. The summed E-state index contributed by atoms with van der Waals surface area (Å²) in [5.41, 5.74) is 6.66. The van der Waals surface area contributed by atoms with Gasteiger partial charge in [-0.25, -0.2) is 0 Å². The van der Waals surface area contributed by atoms with E-state index in [1.54, 1.807) is 7.11 Å². The van der Waals surface area contributed by atoms with Crippen LogP contribution in [0, 0.1) is 5.92 Å². The topological polar surface area (TPSA) is 61.5 Å². The van der Waals surface area contributed by atoms with Gasteiger partial charge in [0.05, 0.1) is 7.11 Å². The highest BCUT2D eigenvalue weighted by molar-refractivity contribution is 5.78. The van der Waals surface area contributed by atoms with Crippen LogP contribution in [0.15, 0.2) is 24.3 Å². The van der Waals surface area contributed by atoms with Crippen molar-refractivity contribution in [1.82, 2.24) is 0 Å². The maximum Gasteiger partial charge on any atom is 0.323 e. The number of cyclic esters (lactones) is 1. The van der Waals surface area contributed by atoms with Crippen molar-refractivity contribution in [3.05, 3.63) is 29.8 Å². The van der Waals surface area contributed by atoms with Crippen molar-refractivity contribution in [1.29, 1.82) is 0 Å². The van der Waals surface area contributed by atoms with Crippen molar-refractivity contribution in [2.75, 3.05) is 7.11 Å². The summed E-state index contributed by atoms with van der Waals surface area (Å²) in [5, 5.41) is 0. The molecule has 86 valence electrons. The van der Waals surface area contributed by atoms with Crippen molar-refractivity contribution in [2.24, 2.45) is 11.7 Å². The largest absolute Gasteiger partial charge is 0.497 e. The van der Waals surface area contributed by atoms with Crippen LogP contribution >= 0.6 is 0 Å². The van der Waals surface area contributed by atoms with Crippen molar-refractivity contribution in [3.8, 4) is 5.75 Å². The van der Waals surface area contributed by atoms with Gasteiger partial charge < -0.3 is 15.2 Å². The number of esters is 1. The Bertz CT molecular complexity index is 388. The van der Waals surface area contributed by atoms with E-state index in [0.29, 0.717) is 0 Å². The summed E-state index contributed by atoms with van der Waals surface area (Å²) < 4.78 is 10.3. The molecule has 0 radical (unpaired) electrons. The number of methoxy groups -OCH3 is 1. The molecule has 1 saturated heterocycles. The van der Waals surface area contributed by atoms with E-state index in [9.17, 15) is 4.79 Å². The van der Waals surface area contributed by atoms with E-state index in [1.165, 1.54) is 0 Å².